The number of hydrogen-bond donors (Lipinski definition) is 3. The molecular weight excluding hydrogens is 308 g/mol. The van der Waals surface area contributed by atoms with Crippen LogP contribution in [0.15, 0.2) is 48.5 Å². The third-order valence-electron chi connectivity index (χ3n) is 3.23. The molecule has 0 fully saturated rings. The van der Waals surface area contributed by atoms with Gasteiger partial charge in [-0.3, -0.25) is 9.59 Å². The number of carbonyl (C=O) groups excluding carboxylic acids is 2. The van der Waals surface area contributed by atoms with Crippen LogP contribution in [-0.2, 0) is 11.4 Å². The predicted molar refractivity (Wildman–Crippen MR) is 90.9 cm³/mol. The van der Waals surface area contributed by atoms with Crippen LogP contribution in [0.1, 0.15) is 22.8 Å². The number of amides is 2. The van der Waals surface area contributed by atoms with Crippen LogP contribution in [-0.4, -0.2) is 30.1 Å². The van der Waals surface area contributed by atoms with Crippen LogP contribution in [0, 0.1) is 0 Å². The molecule has 0 unspecified atom stereocenters. The Morgan fingerprint density at radius 2 is 1.88 bits per heavy atom. The number of benzene rings is 2. The van der Waals surface area contributed by atoms with E-state index in [0.717, 1.165) is 0 Å². The molecule has 0 aromatic heterocycles. The fourth-order valence-corrected chi connectivity index (χ4v) is 2.08. The summed E-state index contributed by atoms with van der Waals surface area (Å²) in [5, 5.41) is 14.3. The summed E-state index contributed by atoms with van der Waals surface area (Å²) in [4.78, 5) is 23.9. The first-order chi connectivity index (χ1) is 11.6. The molecule has 2 rings (SSSR count). The van der Waals surface area contributed by atoms with Gasteiger partial charge in [-0.15, -0.1) is 0 Å². The van der Waals surface area contributed by atoms with Crippen LogP contribution in [0.4, 0.5) is 5.69 Å². The lowest BCUT2D eigenvalue weighted by molar-refractivity contribution is -0.115. The average Bonchev–Trinajstić information content (AvgIpc) is 2.61. The zero-order valence-electron chi connectivity index (χ0n) is 13.4. The number of hydrogen-bond acceptors (Lipinski definition) is 4. The summed E-state index contributed by atoms with van der Waals surface area (Å²) in [5.74, 6) is 0.0113. The van der Waals surface area contributed by atoms with E-state index in [1.807, 2.05) is 6.92 Å². The minimum absolute atomic E-state index is 0.0990. The van der Waals surface area contributed by atoms with Crippen LogP contribution in [0.2, 0.25) is 0 Å². The molecule has 24 heavy (non-hydrogen) atoms. The summed E-state index contributed by atoms with van der Waals surface area (Å²) >= 11 is 0. The Morgan fingerprint density at radius 1 is 1.12 bits per heavy atom. The first-order valence-corrected chi connectivity index (χ1v) is 7.63. The van der Waals surface area contributed by atoms with Gasteiger partial charge in [-0.2, -0.15) is 0 Å². The zero-order chi connectivity index (χ0) is 17.4. The Hall–Kier alpha value is -2.86. The van der Waals surface area contributed by atoms with Gasteiger partial charge in [-0.25, -0.2) is 0 Å². The van der Waals surface area contributed by atoms with Crippen molar-refractivity contribution in [3.05, 3.63) is 59.7 Å². The summed E-state index contributed by atoms with van der Waals surface area (Å²) in [6, 6.07) is 13.6. The molecular formula is C18H20N2O4. The molecule has 6 nitrogen and oxygen atoms in total. The van der Waals surface area contributed by atoms with E-state index in [9.17, 15) is 9.59 Å². The first kappa shape index (κ1) is 17.5. The van der Waals surface area contributed by atoms with Crippen molar-refractivity contribution in [3.8, 4) is 5.75 Å². The van der Waals surface area contributed by atoms with Crippen molar-refractivity contribution in [2.45, 2.75) is 13.5 Å². The summed E-state index contributed by atoms with van der Waals surface area (Å²) in [6.45, 7) is 2.20. The Kier molecular flexibility index (Phi) is 6.33. The third-order valence-corrected chi connectivity index (χ3v) is 3.23. The van der Waals surface area contributed by atoms with Crippen molar-refractivity contribution in [2.75, 3.05) is 18.5 Å². The zero-order valence-corrected chi connectivity index (χ0v) is 13.4. The standard InChI is InChI=1S/C18H20N2O4/c1-2-24-16-8-6-14(7-9-16)18(23)19-11-17(22)20-15-5-3-4-13(10-15)12-21/h3-10,21H,2,11-12H2,1H3,(H,19,23)(H,20,22). The predicted octanol–water partition coefficient (Wildman–Crippen LogP) is 1.95. The second-order valence-corrected chi connectivity index (χ2v) is 5.05. The lowest BCUT2D eigenvalue weighted by atomic mass is 10.2. The maximum Gasteiger partial charge on any atom is 0.251 e. The van der Waals surface area contributed by atoms with Crippen molar-refractivity contribution in [2.24, 2.45) is 0 Å². The van der Waals surface area contributed by atoms with Crippen LogP contribution >= 0.6 is 0 Å². The van der Waals surface area contributed by atoms with Crippen LogP contribution in [0.3, 0.4) is 0 Å². The molecule has 2 aromatic carbocycles. The summed E-state index contributed by atoms with van der Waals surface area (Å²) in [6.07, 6.45) is 0. The average molecular weight is 328 g/mol. The summed E-state index contributed by atoms with van der Waals surface area (Å²) < 4.78 is 5.31. The Bertz CT molecular complexity index is 698. The van der Waals surface area contributed by atoms with Gasteiger partial charge in [0, 0.05) is 11.3 Å². The number of anilines is 1. The highest BCUT2D eigenvalue weighted by atomic mass is 16.5. The van der Waals surface area contributed by atoms with Gasteiger partial charge in [-0.05, 0) is 48.9 Å². The second-order valence-electron chi connectivity index (χ2n) is 5.05. The molecule has 0 aliphatic heterocycles. The molecule has 0 aliphatic carbocycles. The molecule has 126 valence electrons. The summed E-state index contributed by atoms with van der Waals surface area (Å²) in [7, 11) is 0. The minimum atomic E-state index is -0.343. The molecule has 3 N–H and O–H groups in total. The van der Waals surface area contributed by atoms with E-state index in [4.69, 9.17) is 9.84 Å². The van der Waals surface area contributed by atoms with E-state index < -0.39 is 0 Å². The number of ether oxygens (including phenoxy) is 1. The number of aliphatic hydroxyl groups is 1. The number of nitrogens with one attached hydrogen (secondary N) is 2. The molecule has 0 saturated heterocycles. The van der Waals surface area contributed by atoms with Gasteiger partial charge >= 0.3 is 0 Å². The molecule has 6 heteroatoms. The molecule has 0 saturated carbocycles. The van der Waals surface area contributed by atoms with E-state index in [0.29, 0.717) is 29.2 Å². The highest BCUT2D eigenvalue weighted by Crippen LogP contribution is 2.12. The van der Waals surface area contributed by atoms with Gasteiger partial charge in [-0.1, -0.05) is 12.1 Å². The van der Waals surface area contributed by atoms with Crippen LogP contribution in [0.25, 0.3) is 0 Å². The fraction of sp³-hybridized carbons (Fsp3) is 0.222. The van der Waals surface area contributed by atoms with Gasteiger partial charge in [0.1, 0.15) is 5.75 Å². The minimum Gasteiger partial charge on any atom is -0.494 e. The van der Waals surface area contributed by atoms with E-state index in [2.05, 4.69) is 10.6 Å². The van der Waals surface area contributed by atoms with Crippen LogP contribution < -0.4 is 15.4 Å². The molecule has 0 radical (unpaired) electrons. The molecule has 0 aliphatic rings. The molecule has 2 amide bonds. The molecule has 0 heterocycles. The lowest BCUT2D eigenvalue weighted by Gasteiger charge is -2.08. The maximum atomic E-state index is 12.0. The van der Waals surface area contributed by atoms with E-state index >= 15 is 0 Å². The van der Waals surface area contributed by atoms with E-state index in [1.165, 1.54) is 0 Å². The Balaban J connectivity index is 1.85. The number of aliphatic hydroxyl groups excluding tert-OH is 1. The quantitative estimate of drug-likeness (QED) is 0.725. The van der Waals surface area contributed by atoms with Crippen molar-refractivity contribution in [3.63, 3.8) is 0 Å². The Morgan fingerprint density at radius 3 is 2.54 bits per heavy atom. The van der Waals surface area contributed by atoms with Gasteiger partial charge in [0.05, 0.1) is 19.8 Å². The molecule has 2 aromatic rings. The van der Waals surface area contributed by atoms with Gasteiger partial charge < -0.3 is 20.5 Å². The lowest BCUT2D eigenvalue weighted by Crippen LogP contribution is -2.32. The molecule has 0 atom stereocenters. The van der Waals surface area contributed by atoms with E-state index in [-0.39, 0.29) is 25.0 Å². The summed E-state index contributed by atoms with van der Waals surface area (Å²) in [5.41, 5.74) is 1.72. The highest BCUT2D eigenvalue weighted by molar-refractivity contribution is 5.99. The van der Waals surface area contributed by atoms with Gasteiger partial charge in [0.25, 0.3) is 5.91 Å². The van der Waals surface area contributed by atoms with Crippen molar-refractivity contribution < 1.29 is 19.4 Å². The highest BCUT2D eigenvalue weighted by Gasteiger charge is 2.08. The number of rotatable bonds is 7. The van der Waals surface area contributed by atoms with Crippen molar-refractivity contribution in [1.82, 2.24) is 5.32 Å². The topological polar surface area (TPSA) is 87.7 Å². The number of carbonyl (C=O) groups is 2. The largest absolute Gasteiger partial charge is 0.494 e. The normalized spacial score (nSPS) is 10.1. The SMILES string of the molecule is CCOc1ccc(C(=O)NCC(=O)Nc2cccc(CO)c2)cc1. The first-order valence-electron chi connectivity index (χ1n) is 7.63. The molecule has 0 spiro atoms. The Labute approximate surface area is 140 Å². The third kappa shape index (κ3) is 5.10. The van der Waals surface area contributed by atoms with Crippen molar-refractivity contribution >= 4 is 17.5 Å². The fourth-order valence-electron chi connectivity index (χ4n) is 2.08. The van der Waals surface area contributed by atoms with Gasteiger partial charge in [0.15, 0.2) is 0 Å². The van der Waals surface area contributed by atoms with Gasteiger partial charge in [0.2, 0.25) is 5.91 Å². The van der Waals surface area contributed by atoms with Crippen molar-refractivity contribution in [1.29, 1.82) is 0 Å². The maximum absolute atomic E-state index is 12.0. The van der Waals surface area contributed by atoms with Crippen LogP contribution in [0.5, 0.6) is 5.75 Å². The van der Waals surface area contributed by atoms with E-state index in [1.54, 1.807) is 48.5 Å². The molecule has 0 bridgehead atoms. The second kappa shape index (κ2) is 8.69. The smallest absolute Gasteiger partial charge is 0.251 e. The monoisotopic (exact) mass is 328 g/mol.